The Balaban J connectivity index is 1.65. The maximum absolute atomic E-state index is 12.2. The molecule has 3 aromatic rings. The fraction of sp³-hybridized carbons (Fsp3) is 0.118. The molecular formula is C17H16N4OS. The molecule has 0 unspecified atom stereocenters. The number of aryl methyl sites for hydroxylation is 1. The first kappa shape index (κ1) is 15.3. The predicted molar refractivity (Wildman–Crippen MR) is 91.9 cm³/mol. The molecule has 1 N–H and O–H groups in total. The summed E-state index contributed by atoms with van der Waals surface area (Å²) < 4.78 is 1.63. The predicted octanol–water partition coefficient (Wildman–Crippen LogP) is 3.31. The summed E-state index contributed by atoms with van der Waals surface area (Å²) in [4.78, 5) is 17.2. The Morgan fingerprint density at radius 2 is 1.96 bits per heavy atom. The molecule has 0 aliphatic carbocycles. The number of amides is 1. The first-order valence-electron chi connectivity index (χ1n) is 7.16. The van der Waals surface area contributed by atoms with E-state index in [1.54, 1.807) is 11.0 Å². The fourth-order valence-corrected chi connectivity index (χ4v) is 2.78. The van der Waals surface area contributed by atoms with Crippen molar-refractivity contribution < 1.29 is 4.79 Å². The van der Waals surface area contributed by atoms with Crippen LogP contribution in [-0.4, -0.2) is 26.4 Å². The lowest BCUT2D eigenvalue weighted by Gasteiger charge is -2.10. The van der Waals surface area contributed by atoms with E-state index in [9.17, 15) is 4.79 Å². The average Bonchev–Trinajstić information content (AvgIpc) is 3.09. The van der Waals surface area contributed by atoms with E-state index < -0.39 is 0 Å². The number of aromatic nitrogens is 3. The minimum atomic E-state index is -0.0526. The summed E-state index contributed by atoms with van der Waals surface area (Å²) in [6.45, 7) is 2.04. The van der Waals surface area contributed by atoms with Gasteiger partial charge in [0.15, 0.2) is 0 Å². The van der Waals surface area contributed by atoms with Crippen molar-refractivity contribution in [2.75, 3.05) is 11.1 Å². The third-order valence-electron chi connectivity index (χ3n) is 3.23. The van der Waals surface area contributed by atoms with Crippen molar-refractivity contribution in [1.82, 2.24) is 14.8 Å². The van der Waals surface area contributed by atoms with Gasteiger partial charge in [0.1, 0.15) is 12.7 Å². The largest absolute Gasteiger partial charge is 0.323 e. The number of benzene rings is 2. The van der Waals surface area contributed by atoms with E-state index in [1.807, 2.05) is 55.5 Å². The van der Waals surface area contributed by atoms with E-state index in [2.05, 4.69) is 15.4 Å². The number of nitrogens with zero attached hydrogens (tertiary/aromatic N) is 3. The van der Waals surface area contributed by atoms with Crippen molar-refractivity contribution >= 4 is 23.4 Å². The number of para-hydroxylation sites is 2. The standard InChI is InChI=1S/C17H16N4OS/c1-13-6-8-14(9-7-13)23-10-17(22)20-15-4-2-3-5-16(15)21-12-18-11-19-21/h2-9,11-12H,10H2,1H3,(H,20,22). The van der Waals surface area contributed by atoms with Crippen LogP contribution in [0.3, 0.4) is 0 Å². The Kier molecular flexibility index (Phi) is 4.73. The summed E-state index contributed by atoms with van der Waals surface area (Å²) in [6.07, 6.45) is 3.07. The smallest absolute Gasteiger partial charge is 0.234 e. The first-order valence-corrected chi connectivity index (χ1v) is 8.14. The topological polar surface area (TPSA) is 59.8 Å². The number of carbonyl (C=O) groups is 1. The van der Waals surface area contributed by atoms with Gasteiger partial charge in [-0.05, 0) is 31.2 Å². The molecule has 0 fully saturated rings. The average molecular weight is 324 g/mol. The van der Waals surface area contributed by atoms with Gasteiger partial charge in [-0.25, -0.2) is 9.67 Å². The molecule has 23 heavy (non-hydrogen) atoms. The van der Waals surface area contributed by atoms with Crippen LogP contribution in [0.15, 0.2) is 66.1 Å². The van der Waals surface area contributed by atoms with Crippen LogP contribution in [0.1, 0.15) is 5.56 Å². The number of rotatable bonds is 5. The minimum absolute atomic E-state index is 0.0526. The van der Waals surface area contributed by atoms with Crippen LogP contribution in [0, 0.1) is 6.92 Å². The molecule has 0 saturated heterocycles. The van der Waals surface area contributed by atoms with Gasteiger partial charge in [-0.1, -0.05) is 29.8 Å². The molecule has 0 atom stereocenters. The van der Waals surface area contributed by atoms with Crippen LogP contribution in [0.4, 0.5) is 5.69 Å². The molecule has 0 bridgehead atoms. The van der Waals surface area contributed by atoms with Crippen LogP contribution in [-0.2, 0) is 4.79 Å². The van der Waals surface area contributed by atoms with Crippen molar-refractivity contribution in [2.24, 2.45) is 0 Å². The summed E-state index contributed by atoms with van der Waals surface area (Å²) >= 11 is 1.51. The molecule has 0 radical (unpaired) electrons. The molecule has 3 rings (SSSR count). The SMILES string of the molecule is Cc1ccc(SCC(=O)Nc2ccccc2-n2cncn2)cc1. The molecule has 116 valence electrons. The highest BCUT2D eigenvalue weighted by atomic mass is 32.2. The number of nitrogens with one attached hydrogen (secondary N) is 1. The van der Waals surface area contributed by atoms with Crippen molar-refractivity contribution in [2.45, 2.75) is 11.8 Å². The molecule has 0 saturated carbocycles. The molecular weight excluding hydrogens is 308 g/mol. The lowest BCUT2D eigenvalue weighted by Crippen LogP contribution is -2.15. The molecule has 0 spiro atoms. The van der Waals surface area contributed by atoms with Gasteiger partial charge in [0.2, 0.25) is 5.91 Å². The Bertz CT molecular complexity index is 785. The normalized spacial score (nSPS) is 10.5. The van der Waals surface area contributed by atoms with Gasteiger partial charge >= 0.3 is 0 Å². The van der Waals surface area contributed by atoms with E-state index in [0.717, 1.165) is 10.6 Å². The zero-order valence-electron chi connectivity index (χ0n) is 12.6. The summed E-state index contributed by atoms with van der Waals surface area (Å²) in [5, 5.41) is 7.04. The number of carbonyl (C=O) groups excluding carboxylic acids is 1. The lowest BCUT2D eigenvalue weighted by molar-refractivity contribution is -0.113. The van der Waals surface area contributed by atoms with Gasteiger partial charge in [0, 0.05) is 4.90 Å². The van der Waals surface area contributed by atoms with Gasteiger partial charge in [0.25, 0.3) is 0 Å². The van der Waals surface area contributed by atoms with Crippen LogP contribution < -0.4 is 5.32 Å². The Labute approximate surface area is 138 Å². The zero-order chi connectivity index (χ0) is 16.1. The second-order valence-corrected chi connectivity index (χ2v) is 6.06. The van der Waals surface area contributed by atoms with Crippen molar-refractivity contribution in [3.05, 3.63) is 66.7 Å². The third kappa shape index (κ3) is 3.98. The quantitative estimate of drug-likeness (QED) is 0.732. The molecule has 2 aromatic carbocycles. The summed E-state index contributed by atoms with van der Waals surface area (Å²) in [5.74, 6) is 0.303. The van der Waals surface area contributed by atoms with E-state index in [4.69, 9.17) is 0 Å². The second-order valence-electron chi connectivity index (χ2n) is 5.01. The van der Waals surface area contributed by atoms with Crippen LogP contribution in [0.25, 0.3) is 5.69 Å². The third-order valence-corrected chi connectivity index (χ3v) is 4.25. The van der Waals surface area contributed by atoms with Gasteiger partial charge in [-0.3, -0.25) is 4.79 Å². The maximum Gasteiger partial charge on any atom is 0.234 e. The molecule has 0 aliphatic rings. The van der Waals surface area contributed by atoms with E-state index in [0.29, 0.717) is 11.4 Å². The van der Waals surface area contributed by atoms with Gasteiger partial charge in [-0.2, -0.15) is 5.10 Å². The molecule has 0 aliphatic heterocycles. The highest BCUT2D eigenvalue weighted by Crippen LogP contribution is 2.21. The first-order chi connectivity index (χ1) is 11.2. The number of anilines is 1. The number of hydrogen-bond acceptors (Lipinski definition) is 4. The van der Waals surface area contributed by atoms with Crippen LogP contribution >= 0.6 is 11.8 Å². The zero-order valence-corrected chi connectivity index (χ0v) is 13.5. The van der Waals surface area contributed by atoms with E-state index in [1.165, 1.54) is 23.7 Å². The monoisotopic (exact) mass is 324 g/mol. The molecule has 1 heterocycles. The van der Waals surface area contributed by atoms with Crippen molar-refractivity contribution in [1.29, 1.82) is 0 Å². The molecule has 1 aromatic heterocycles. The van der Waals surface area contributed by atoms with E-state index in [-0.39, 0.29) is 5.91 Å². The van der Waals surface area contributed by atoms with Gasteiger partial charge < -0.3 is 5.32 Å². The van der Waals surface area contributed by atoms with Crippen molar-refractivity contribution in [3.63, 3.8) is 0 Å². The summed E-state index contributed by atoms with van der Waals surface area (Å²) in [5.41, 5.74) is 2.71. The lowest BCUT2D eigenvalue weighted by atomic mass is 10.2. The number of thioether (sulfide) groups is 1. The highest BCUT2D eigenvalue weighted by Gasteiger charge is 2.09. The van der Waals surface area contributed by atoms with Gasteiger partial charge in [-0.15, -0.1) is 11.8 Å². The van der Waals surface area contributed by atoms with Crippen molar-refractivity contribution in [3.8, 4) is 5.69 Å². The Morgan fingerprint density at radius 3 is 2.70 bits per heavy atom. The summed E-state index contributed by atoms with van der Waals surface area (Å²) in [6, 6.07) is 15.6. The number of hydrogen-bond donors (Lipinski definition) is 1. The minimum Gasteiger partial charge on any atom is -0.323 e. The van der Waals surface area contributed by atoms with E-state index >= 15 is 0 Å². The maximum atomic E-state index is 12.2. The summed E-state index contributed by atoms with van der Waals surface area (Å²) in [7, 11) is 0. The highest BCUT2D eigenvalue weighted by molar-refractivity contribution is 8.00. The van der Waals surface area contributed by atoms with Gasteiger partial charge in [0.05, 0.1) is 17.1 Å². The Morgan fingerprint density at radius 1 is 1.17 bits per heavy atom. The van der Waals surface area contributed by atoms with Crippen LogP contribution in [0.5, 0.6) is 0 Å². The molecule has 1 amide bonds. The fourth-order valence-electron chi connectivity index (χ4n) is 2.08. The second kappa shape index (κ2) is 7.11. The Hall–Kier alpha value is -2.60. The van der Waals surface area contributed by atoms with Crippen LogP contribution in [0.2, 0.25) is 0 Å². The molecule has 6 heteroatoms. The molecule has 5 nitrogen and oxygen atoms in total.